The zero-order valence-electron chi connectivity index (χ0n) is 14.4. The van der Waals surface area contributed by atoms with E-state index in [9.17, 15) is 18.0 Å². The Morgan fingerprint density at radius 1 is 1.12 bits per heavy atom. The number of carbonyl (C=O) groups is 1. The third-order valence-corrected chi connectivity index (χ3v) is 3.52. The van der Waals surface area contributed by atoms with Crippen molar-refractivity contribution >= 4 is 11.6 Å². The number of methoxy groups -OCH3 is 1. The number of rotatable bonds is 3. The van der Waals surface area contributed by atoms with Gasteiger partial charge in [0, 0.05) is 29.1 Å². The second-order valence-electron chi connectivity index (χ2n) is 6.58. The monoisotopic (exact) mass is 352 g/mol. The van der Waals surface area contributed by atoms with Gasteiger partial charge in [-0.15, -0.1) is 0 Å². The highest BCUT2D eigenvalue weighted by atomic mass is 19.4. The van der Waals surface area contributed by atoms with Crippen molar-refractivity contribution in [2.24, 2.45) is 0 Å². The first kappa shape index (κ1) is 18.8. The molecule has 2 aromatic rings. The highest BCUT2D eigenvalue weighted by molar-refractivity contribution is 6.04. The molecule has 0 radical (unpaired) electrons. The molecule has 4 nitrogen and oxygen atoms in total. The van der Waals surface area contributed by atoms with Crippen molar-refractivity contribution in [3.8, 4) is 5.75 Å². The average molecular weight is 352 g/mol. The third kappa shape index (κ3) is 4.71. The number of aromatic nitrogens is 1. The van der Waals surface area contributed by atoms with Gasteiger partial charge in [0.15, 0.2) is 0 Å². The summed E-state index contributed by atoms with van der Waals surface area (Å²) >= 11 is 0. The molecular formula is C18H19F3N2O2. The number of ether oxygens (including phenoxy) is 1. The lowest BCUT2D eigenvalue weighted by Crippen LogP contribution is -2.16. The summed E-state index contributed by atoms with van der Waals surface area (Å²) in [4.78, 5) is 16.5. The number of hydrogen-bond acceptors (Lipinski definition) is 3. The van der Waals surface area contributed by atoms with E-state index in [1.807, 2.05) is 20.8 Å². The summed E-state index contributed by atoms with van der Waals surface area (Å²) in [6.45, 7) is 5.97. The first-order valence-electron chi connectivity index (χ1n) is 7.55. The Bertz CT molecular complexity index is 763. The number of anilines is 1. The van der Waals surface area contributed by atoms with Gasteiger partial charge < -0.3 is 10.1 Å². The first-order valence-corrected chi connectivity index (χ1v) is 7.55. The molecule has 25 heavy (non-hydrogen) atoms. The molecule has 1 aromatic carbocycles. The van der Waals surface area contributed by atoms with Crippen molar-refractivity contribution in [2.75, 3.05) is 12.4 Å². The highest BCUT2D eigenvalue weighted by Gasteiger charge is 2.31. The van der Waals surface area contributed by atoms with Crippen LogP contribution in [0.3, 0.4) is 0 Å². The average Bonchev–Trinajstić information content (AvgIpc) is 2.53. The molecule has 0 aliphatic carbocycles. The summed E-state index contributed by atoms with van der Waals surface area (Å²) in [6, 6.07) is 6.37. The number of carbonyl (C=O) groups excluding carboxylic acids is 1. The van der Waals surface area contributed by atoms with E-state index in [0.717, 1.165) is 17.8 Å². The van der Waals surface area contributed by atoms with Crippen LogP contribution in [0.1, 0.15) is 42.4 Å². The highest BCUT2D eigenvalue weighted by Crippen LogP contribution is 2.34. The van der Waals surface area contributed by atoms with E-state index in [1.54, 1.807) is 12.1 Å². The molecule has 0 unspecified atom stereocenters. The van der Waals surface area contributed by atoms with E-state index < -0.39 is 17.6 Å². The molecule has 7 heteroatoms. The molecule has 2 rings (SSSR count). The molecule has 1 aromatic heterocycles. The standard InChI is InChI=1S/C18H19F3N2O2/c1-17(2,3)15-6-5-11(10-22-15)16(24)23-13-7-12(18(19,20)21)8-14(9-13)25-4/h5-10H,1-4H3,(H,23,24). The topological polar surface area (TPSA) is 51.2 Å². The van der Waals surface area contributed by atoms with Gasteiger partial charge in [-0.05, 0) is 24.3 Å². The van der Waals surface area contributed by atoms with Crippen molar-refractivity contribution in [1.82, 2.24) is 4.98 Å². The fourth-order valence-corrected chi connectivity index (χ4v) is 2.13. The third-order valence-electron chi connectivity index (χ3n) is 3.52. The number of pyridine rings is 1. The largest absolute Gasteiger partial charge is 0.497 e. The summed E-state index contributed by atoms with van der Waals surface area (Å²) in [7, 11) is 1.26. The number of alkyl halides is 3. The van der Waals surface area contributed by atoms with Crippen molar-refractivity contribution in [1.29, 1.82) is 0 Å². The minimum absolute atomic E-state index is 0.00317. The van der Waals surface area contributed by atoms with Crippen LogP contribution in [-0.4, -0.2) is 18.0 Å². The maximum absolute atomic E-state index is 12.9. The molecule has 134 valence electrons. The molecule has 0 spiro atoms. The second-order valence-corrected chi connectivity index (χ2v) is 6.58. The van der Waals surface area contributed by atoms with E-state index >= 15 is 0 Å². The Kier molecular flexibility index (Phi) is 5.06. The Labute approximate surface area is 144 Å². The lowest BCUT2D eigenvalue weighted by Gasteiger charge is -2.17. The number of nitrogens with one attached hydrogen (secondary N) is 1. The predicted molar refractivity (Wildman–Crippen MR) is 88.9 cm³/mol. The summed E-state index contributed by atoms with van der Waals surface area (Å²) < 4.78 is 43.6. The fourth-order valence-electron chi connectivity index (χ4n) is 2.13. The van der Waals surface area contributed by atoms with Crippen molar-refractivity contribution in [2.45, 2.75) is 32.4 Å². The van der Waals surface area contributed by atoms with Gasteiger partial charge in [-0.2, -0.15) is 13.2 Å². The van der Waals surface area contributed by atoms with Crippen LogP contribution in [-0.2, 0) is 11.6 Å². The van der Waals surface area contributed by atoms with Gasteiger partial charge in [-0.1, -0.05) is 20.8 Å². The molecule has 1 heterocycles. The lowest BCUT2D eigenvalue weighted by atomic mass is 9.91. The van der Waals surface area contributed by atoms with E-state index in [-0.39, 0.29) is 22.4 Å². The van der Waals surface area contributed by atoms with Crippen LogP contribution < -0.4 is 10.1 Å². The summed E-state index contributed by atoms with van der Waals surface area (Å²) in [5.74, 6) is -0.541. The van der Waals surface area contributed by atoms with Crippen LogP contribution in [0.25, 0.3) is 0 Å². The minimum Gasteiger partial charge on any atom is -0.497 e. The van der Waals surface area contributed by atoms with Crippen LogP contribution in [0.4, 0.5) is 18.9 Å². The van der Waals surface area contributed by atoms with Crippen LogP contribution in [0, 0.1) is 0 Å². The molecule has 0 aliphatic rings. The number of benzene rings is 1. The van der Waals surface area contributed by atoms with Gasteiger partial charge in [0.05, 0.1) is 18.2 Å². The smallest absolute Gasteiger partial charge is 0.416 e. The fraction of sp³-hybridized carbons (Fsp3) is 0.333. The molecule has 0 fully saturated rings. The molecule has 1 amide bonds. The van der Waals surface area contributed by atoms with E-state index in [1.165, 1.54) is 19.4 Å². The number of nitrogens with zero attached hydrogens (tertiary/aromatic N) is 1. The number of amides is 1. The number of hydrogen-bond donors (Lipinski definition) is 1. The normalized spacial score (nSPS) is 12.0. The van der Waals surface area contributed by atoms with E-state index in [4.69, 9.17) is 4.74 Å². The van der Waals surface area contributed by atoms with E-state index in [2.05, 4.69) is 10.3 Å². The second kappa shape index (κ2) is 6.74. The zero-order valence-corrected chi connectivity index (χ0v) is 14.4. The number of halogens is 3. The quantitative estimate of drug-likeness (QED) is 0.874. The summed E-state index contributed by atoms with van der Waals surface area (Å²) in [5.41, 5.74) is -0.00208. The Morgan fingerprint density at radius 3 is 2.28 bits per heavy atom. The molecule has 1 N–H and O–H groups in total. The maximum Gasteiger partial charge on any atom is 0.416 e. The molecule has 0 saturated carbocycles. The van der Waals surface area contributed by atoms with Crippen LogP contribution >= 0.6 is 0 Å². The minimum atomic E-state index is -4.54. The molecule has 0 saturated heterocycles. The van der Waals surface area contributed by atoms with Crippen LogP contribution in [0.5, 0.6) is 5.75 Å². The Balaban J connectivity index is 2.25. The van der Waals surface area contributed by atoms with Gasteiger partial charge in [-0.25, -0.2) is 0 Å². The Morgan fingerprint density at radius 2 is 1.80 bits per heavy atom. The van der Waals surface area contributed by atoms with Crippen molar-refractivity contribution in [3.63, 3.8) is 0 Å². The van der Waals surface area contributed by atoms with Gasteiger partial charge in [0.2, 0.25) is 0 Å². The van der Waals surface area contributed by atoms with Crippen LogP contribution in [0.15, 0.2) is 36.5 Å². The van der Waals surface area contributed by atoms with Gasteiger partial charge in [0.25, 0.3) is 5.91 Å². The molecule has 0 bridgehead atoms. The summed E-state index contributed by atoms with van der Waals surface area (Å²) in [5, 5.41) is 2.44. The van der Waals surface area contributed by atoms with E-state index in [0.29, 0.717) is 0 Å². The van der Waals surface area contributed by atoms with Gasteiger partial charge in [-0.3, -0.25) is 9.78 Å². The maximum atomic E-state index is 12.9. The van der Waals surface area contributed by atoms with Crippen molar-refractivity contribution in [3.05, 3.63) is 53.3 Å². The SMILES string of the molecule is COc1cc(NC(=O)c2ccc(C(C)(C)C)nc2)cc(C(F)(F)F)c1. The predicted octanol–water partition coefficient (Wildman–Crippen LogP) is 4.66. The Hall–Kier alpha value is -2.57. The molecular weight excluding hydrogens is 333 g/mol. The van der Waals surface area contributed by atoms with Crippen LogP contribution in [0.2, 0.25) is 0 Å². The zero-order chi connectivity index (χ0) is 18.8. The molecule has 0 aliphatic heterocycles. The molecule has 0 atom stereocenters. The summed E-state index contributed by atoms with van der Waals surface area (Å²) in [6.07, 6.45) is -3.13. The van der Waals surface area contributed by atoms with Crippen molar-refractivity contribution < 1.29 is 22.7 Å². The first-order chi connectivity index (χ1) is 11.5. The van der Waals surface area contributed by atoms with Gasteiger partial charge in [0.1, 0.15) is 5.75 Å². The lowest BCUT2D eigenvalue weighted by molar-refractivity contribution is -0.137. The van der Waals surface area contributed by atoms with Gasteiger partial charge >= 0.3 is 6.18 Å².